The fourth-order valence-corrected chi connectivity index (χ4v) is 3.23. The van der Waals surface area contributed by atoms with Gasteiger partial charge in [-0.3, -0.25) is 0 Å². The van der Waals surface area contributed by atoms with Gasteiger partial charge in [0.15, 0.2) is 0 Å². The lowest BCUT2D eigenvalue weighted by Crippen LogP contribution is -2.01. The van der Waals surface area contributed by atoms with Crippen LogP contribution in [0.1, 0.15) is 22.8 Å². The molecule has 2 nitrogen and oxygen atoms in total. The average Bonchev–Trinajstić information content (AvgIpc) is 3.10. The van der Waals surface area contributed by atoms with E-state index in [1.165, 1.54) is 22.3 Å². The van der Waals surface area contributed by atoms with Crippen molar-refractivity contribution in [2.24, 2.45) is 0 Å². The van der Waals surface area contributed by atoms with E-state index in [1.54, 1.807) is 7.11 Å². The molecule has 0 heterocycles. The summed E-state index contributed by atoms with van der Waals surface area (Å²) in [5, 5.41) is 0. The summed E-state index contributed by atoms with van der Waals surface area (Å²) in [7, 11) is 1.68. The zero-order valence-electron chi connectivity index (χ0n) is 14.2. The van der Waals surface area contributed by atoms with Crippen molar-refractivity contribution >= 4 is 6.08 Å². The molecule has 25 heavy (non-hydrogen) atoms. The fraction of sp³-hybridized carbons (Fsp3) is 0.130. The molecule has 2 heteroatoms. The zero-order valence-corrected chi connectivity index (χ0v) is 14.2. The predicted molar refractivity (Wildman–Crippen MR) is 101 cm³/mol. The topological polar surface area (TPSA) is 18.5 Å². The number of benzene rings is 3. The van der Waals surface area contributed by atoms with Gasteiger partial charge in [-0.05, 0) is 39.9 Å². The van der Waals surface area contributed by atoms with E-state index in [1.807, 2.05) is 30.3 Å². The van der Waals surface area contributed by atoms with Crippen molar-refractivity contribution in [1.82, 2.24) is 0 Å². The zero-order chi connectivity index (χ0) is 17.1. The molecule has 0 aliphatic heterocycles. The molecule has 0 spiro atoms. The van der Waals surface area contributed by atoms with Crippen LogP contribution in [0.4, 0.5) is 0 Å². The van der Waals surface area contributed by atoms with E-state index in [2.05, 4.69) is 54.6 Å². The van der Waals surface area contributed by atoms with Gasteiger partial charge < -0.3 is 9.47 Å². The van der Waals surface area contributed by atoms with Crippen molar-refractivity contribution in [3.05, 3.63) is 95.6 Å². The third-order valence-electron chi connectivity index (χ3n) is 4.56. The van der Waals surface area contributed by atoms with Gasteiger partial charge in [0.05, 0.1) is 13.7 Å². The van der Waals surface area contributed by atoms with Crippen LogP contribution >= 0.6 is 0 Å². The summed E-state index contributed by atoms with van der Waals surface area (Å²) in [5.41, 5.74) is 6.12. The highest BCUT2D eigenvalue weighted by Crippen LogP contribution is 2.37. The molecule has 1 atom stereocenters. The molecule has 4 rings (SSSR count). The molecule has 3 aromatic rings. The van der Waals surface area contributed by atoms with E-state index in [9.17, 15) is 0 Å². The van der Waals surface area contributed by atoms with E-state index in [0.717, 1.165) is 11.3 Å². The van der Waals surface area contributed by atoms with Gasteiger partial charge in [-0.15, -0.1) is 0 Å². The Labute approximate surface area is 148 Å². The second-order valence-corrected chi connectivity index (χ2v) is 6.11. The molecule has 0 N–H and O–H groups in total. The molecule has 0 fully saturated rings. The minimum atomic E-state index is 0.000707. The van der Waals surface area contributed by atoms with Crippen molar-refractivity contribution in [2.75, 3.05) is 7.11 Å². The molecule has 1 aliphatic rings. The van der Waals surface area contributed by atoms with Crippen LogP contribution in [-0.4, -0.2) is 7.11 Å². The van der Waals surface area contributed by atoms with Crippen LogP contribution in [0.3, 0.4) is 0 Å². The standard InChI is InChI=1S/C23H20O2/c1-24-19-12-10-17(11-13-19)16-25-23-15-14-21-20(8-5-9-22(21)23)18-6-3-2-4-7-18/h2-15,23H,16H2,1H3. The van der Waals surface area contributed by atoms with Crippen molar-refractivity contribution in [3.63, 3.8) is 0 Å². The Morgan fingerprint density at radius 3 is 2.40 bits per heavy atom. The highest BCUT2D eigenvalue weighted by molar-refractivity contribution is 5.80. The smallest absolute Gasteiger partial charge is 0.118 e. The quantitative estimate of drug-likeness (QED) is 0.603. The Bertz CT molecular complexity index is 880. The molecule has 0 saturated carbocycles. The van der Waals surface area contributed by atoms with Gasteiger partial charge in [0.2, 0.25) is 0 Å². The van der Waals surface area contributed by atoms with E-state index in [-0.39, 0.29) is 6.10 Å². The SMILES string of the molecule is COc1ccc(COC2C=Cc3c(-c4ccccc4)cccc32)cc1. The lowest BCUT2D eigenvalue weighted by Gasteiger charge is -2.15. The third-order valence-corrected chi connectivity index (χ3v) is 4.56. The largest absolute Gasteiger partial charge is 0.497 e. The molecule has 0 radical (unpaired) electrons. The van der Waals surface area contributed by atoms with Crippen LogP contribution in [-0.2, 0) is 11.3 Å². The first-order valence-electron chi connectivity index (χ1n) is 8.46. The highest BCUT2D eigenvalue weighted by atomic mass is 16.5. The highest BCUT2D eigenvalue weighted by Gasteiger charge is 2.20. The minimum Gasteiger partial charge on any atom is -0.497 e. The van der Waals surface area contributed by atoms with Gasteiger partial charge in [-0.2, -0.15) is 0 Å². The summed E-state index contributed by atoms with van der Waals surface area (Å²) in [6.45, 7) is 0.577. The Morgan fingerprint density at radius 1 is 0.840 bits per heavy atom. The Kier molecular flexibility index (Phi) is 4.36. The normalized spacial score (nSPS) is 15.2. The van der Waals surface area contributed by atoms with E-state index >= 15 is 0 Å². The maximum absolute atomic E-state index is 6.15. The van der Waals surface area contributed by atoms with Gasteiger partial charge in [0.1, 0.15) is 11.9 Å². The van der Waals surface area contributed by atoms with Gasteiger partial charge in [-0.25, -0.2) is 0 Å². The molecular weight excluding hydrogens is 308 g/mol. The number of hydrogen-bond acceptors (Lipinski definition) is 2. The summed E-state index contributed by atoms with van der Waals surface area (Å²) in [6, 6.07) is 24.9. The van der Waals surface area contributed by atoms with Crippen molar-refractivity contribution in [3.8, 4) is 16.9 Å². The lowest BCUT2D eigenvalue weighted by molar-refractivity contribution is 0.0738. The second-order valence-electron chi connectivity index (χ2n) is 6.11. The lowest BCUT2D eigenvalue weighted by atomic mass is 9.97. The number of fused-ring (bicyclic) bond motifs is 1. The molecule has 1 aliphatic carbocycles. The van der Waals surface area contributed by atoms with Gasteiger partial charge >= 0.3 is 0 Å². The molecule has 0 aromatic heterocycles. The monoisotopic (exact) mass is 328 g/mol. The van der Waals surface area contributed by atoms with Crippen molar-refractivity contribution < 1.29 is 9.47 Å². The third kappa shape index (κ3) is 3.21. The van der Waals surface area contributed by atoms with Gasteiger partial charge in [0, 0.05) is 0 Å². The Balaban J connectivity index is 1.53. The van der Waals surface area contributed by atoms with Crippen LogP contribution in [0.2, 0.25) is 0 Å². The molecule has 124 valence electrons. The summed E-state index contributed by atoms with van der Waals surface area (Å²) < 4.78 is 11.3. The maximum Gasteiger partial charge on any atom is 0.118 e. The first-order chi connectivity index (χ1) is 12.3. The Hall–Kier alpha value is -2.84. The molecule has 0 bridgehead atoms. The van der Waals surface area contributed by atoms with Gasteiger partial charge in [-0.1, -0.05) is 72.8 Å². The summed E-state index contributed by atoms with van der Waals surface area (Å²) >= 11 is 0. The fourth-order valence-electron chi connectivity index (χ4n) is 3.23. The van der Waals surface area contributed by atoms with E-state index in [0.29, 0.717) is 6.61 Å². The predicted octanol–water partition coefficient (Wildman–Crippen LogP) is 5.65. The van der Waals surface area contributed by atoms with Crippen molar-refractivity contribution in [1.29, 1.82) is 0 Å². The van der Waals surface area contributed by atoms with Crippen LogP contribution in [0.25, 0.3) is 17.2 Å². The van der Waals surface area contributed by atoms with Crippen molar-refractivity contribution in [2.45, 2.75) is 12.7 Å². The molecule has 3 aromatic carbocycles. The second kappa shape index (κ2) is 6.96. The summed E-state index contributed by atoms with van der Waals surface area (Å²) in [4.78, 5) is 0. The minimum absolute atomic E-state index is 0.000707. The first-order valence-corrected chi connectivity index (χ1v) is 8.46. The maximum atomic E-state index is 6.15. The average molecular weight is 328 g/mol. The number of methoxy groups -OCH3 is 1. The number of ether oxygens (including phenoxy) is 2. The van der Waals surface area contributed by atoms with Crippen LogP contribution in [0, 0.1) is 0 Å². The van der Waals surface area contributed by atoms with Gasteiger partial charge in [0.25, 0.3) is 0 Å². The van der Waals surface area contributed by atoms with Crippen LogP contribution < -0.4 is 4.74 Å². The van der Waals surface area contributed by atoms with Crippen LogP contribution in [0.5, 0.6) is 5.75 Å². The summed E-state index contributed by atoms with van der Waals surface area (Å²) in [5.74, 6) is 0.863. The molecule has 1 unspecified atom stereocenters. The number of hydrogen-bond donors (Lipinski definition) is 0. The first kappa shape index (κ1) is 15.7. The number of rotatable bonds is 5. The summed E-state index contributed by atoms with van der Waals surface area (Å²) in [6.07, 6.45) is 4.32. The van der Waals surface area contributed by atoms with E-state index < -0.39 is 0 Å². The molecule has 0 amide bonds. The van der Waals surface area contributed by atoms with Crippen LogP contribution in [0.15, 0.2) is 78.9 Å². The molecule has 0 saturated heterocycles. The Morgan fingerprint density at radius 2 is 1.64 bits per heavy atom. The molecular formula is C23H20O2. The van der Waals surface area contributed by atoms with E-state index in [4.69, 9.17) is 9.47 Å².